The van der Waals surface area contributed by atoms with Crippen molar-refractivity contribution in [2.24, 2.45) is 0 Å². The molecule has 2 N–H and O–H groups in total. The van der Waals surface area contributed by atoms with Gasteiger partial charge in [-0.15, -0.1) is 0 Å². The van der Waals surface area contributed by atoms with E-state index in [4.69, 9.17) is 4.74 Å². The number of sulfonamides is 1. The Morgan fingerprint density at radius 1 is 1.00 bits per heavy atom. The first kappa shape index (κ1) is 20.2. The third-order valence-corrected chi connectivity index (χ3v) is 6.31. The van der Waals surface area contributed by atoms with E-state index in [9.17, 15) is 13.2 Å². The topological polar surface area (TPSA) is 84.5 Å². The Hall–Kier alpha value is -2.54. The minimum atomic E-state index is -3.85. The van der Waals surface area contributed by atoms with Crippen molar-refractivity contribution >= 4 is 21.6 Å². The molecule has 0 bridgehead atoms. The quantitative estimate of drug-likeness (QED) is 0.717. The van der Waals surface area contributed by atoms with E-state index in [1.807, 2.05) is 0 Å². The summed E-state index contributed by atoms with van der Waals surface area (Å²) in [6.07, 6.45) is 6.58. The van der Waals surface area contributed by atoms with E-state index in [-0.39, 0.29) is 16.8 Å². The SMILES string of the molecule is COc1ccccc1NS(=O)(=O)c1cccc(C(=O)NC2CCCCCC2)c1. The lowest BCUT2D eigenvalue weighted by Gasteiger charge is -2.16. The maximum absolute atomic E-state index is 12.8. The molecule has 7 heteroatoms. The summed E-state index contributed by atoms with van der Waals surface area (Å²) >= 11 is 0. The van der Waals surface area contributed by atoms with Gasteiger partial charge in [-0.1, -0.05) is 43.9 Å². The number of anilines is 1. The summed E-state index contributed by atoms with van der Waals surface area (Å²) in [4.78, 5) is 12.7. The van der Waals surface area contributed by atoms with Crippen LogP contribution in [0.2, 0.25) is 0 Å². The van der Waals surface area contributed by atoms with Crippen molar-refractivity contribution in [3.63, 3.8) is 0 Å². The Labute approximate surface area is 166 Å². The molecule has 2 aromatic rings. The van der Waals surface area contributed by atoms with Gasteiger partial charge in [0, 0.05) is 11.6 Å². The van der Waals surface area contributed by atoms with E-state index in [0.29, 0.717) is 17.0 Å². The van der Waals surface area contributed by atoms with Crippen molar-refractivity contribution in [2.75, 3.05) is 11.8 Å². The van der Waals surface area contributed by atoms with Crippen LogP contribution in [-0.2, 0) is 10.0 Å². The van der Waals surface area contributed by atoms with Gasteiger partial charge >= 0.3 is 0 Å². The number of para-hydroxylation sites is 2. The summed E-state index contributed by atoms with van der Waals surface area (Å²) in [5, 5.41) is 3.05. The number of benzene rings is 2. The van der Waals surface area contributed by atoms with Crippen LogP contribution in [0.4, 0.5) is 5.69 Å². The van der Waals surface area contributed by atoms with Crippen LogP contribution in [-0.4, -0.2) is 27.5 Å². The minimum Gasteiger partial charge on any atom is -0.495 e. The Bertz CT molecular complexity index is 920. The van der Waals surface area contributed by atoms with Crippen LogP contribution < -0.4 is 14.8 Å². The Morgan fingerprint density at radius 2 is 1.71 bits per heavy atom. The molecule has 1 fully saturated rings. The monoisotopic (exact) mass is 402 g/mol. The van der Waals surface area contributed by atoms with Crippen molar-refractivity contribution in [3.05, 3.63) is 54.1 Å². The molecule has 0 spiro atoms. The molecular formula is C21H26N2O4S. The highest BCUT2D eigenvalue weighted by Crippen LogP contribution is 2.26. The van der Waals surface area contributed by atoms with E-state index in [0.717, 1.165) is 25.7 Å². The van der Waals surface area contributed by atoms with Gasteiger partial charge in [0.25, 0.3) is 15.9 Å². The van der Waals surface area contributed by atoms with Crippen molar-refractivity contribution in [3.8, 4) is 5.75 Å². The normalized spacial score (nSPS) is 15.5. The zero-order chi connectivity index (χ0) is 20.0. The second-order valence-electron chi connectivity index (χ2n) is 7.00. The summed E-state index contributed by atoms with van der Waals surface area (Å²) in [7, 11) is -2.37. The molecule has 3 rings (SSSR count). The first-order valence-corrected chi connectivity index (χ1v) is 11.0. The summed E-state index contributed by atoms with van der Waals surface area (Å²) in [6.45, 7) is 0. The van der Waals surface area contributed by atoms with Crippen LogP contribution in [0.25, 0.3) is 0 Å². The molecule has 0 heterocycles. The largest absolute Gasteiger partial charge is 0.495 e. The maximum Gasteiger partial charge on any atom is 0.262 e. The third-order valence-electron chi connectivity index (χ3n) is 4.95. The summed E-state index contributed by atoms with van der Waals surface area (Å²) in [5.74, 6) is 0.189. The molecule has 150 valence electrons. The third kappa shape index (κ3) is 5.04. The smallest absolute Gasteiger partial charge is 0.262 e. The molecule has 1 aliphatic carbocycles. The van der Waals surface area contributed by atoms with Gasteiger partial charge in [-0.3, -0.25) is 9.52 Å². The lowest BCUT2D eigenvalue weighted by Crippen LogP contribution is -2.34. The van der Waals surface area contributed by atoms with E-state index in [1.165, 1.54) is 32.1 Å². The molecule has 0 saturated heterocycles. The number of rotatable bonds is 6. The fourth-order valence-electron chi connectivity index (χ4n) is 3.43. The average molecular weight is 403 g/mol. The molecule has 28 heavy (non-hydrogen) atoms. The van der Waals surface area contributed by atoms with Gasteiger partial charge < -0.3 is 10.1 Å². The predicted octanol–water partition coefficient (Wildman–Crippen LogP) is 3.95. The van der Waals surface area contributed by atoms with Crippen molar-refractivity contribution in [2.45, 2.75) is 49.5 Å². The molecule has 0 aliphatic heterocycles. The van der Waals surface area contributed by atoms with Crippen LogP contribution in [0.15, 0.2) is 53.4 Å². The van der Waals surface area contributed by atoms with Crippen LogP contribution in [0, 0.1) is 0 Å². The fourth-order valence-corrected chi connectivity index (χ4v) is 4.55. The van der Waals surface area contributed by atoms with Gasteiger partial charge in [0.1, 0.15) is 5.75 Å². The number of hydrogen-bond donors (Lipinski definition) is 2. The fraction of sp³-hybridized carbons (Fsp3) is 0.381. The van der Waals surface area contributed by atoms with Gasteiger partial charge in [0.05, 0.1) is 17.7 Å². The van der Waals surface area contributed by atoms with Gasteiger partial charge in [-0.2, -0.15) is 0 Å². The zero-order valence-electron chi connectivity index (χ0n) is 16.0. The second kappa shape index (κ2) is 9.10. The molecule has 6 nitrogen and oxygen atoms in total. The lowest BCUT2D eigenvalue weighted by molar-refractivity contribution is 0.0933. The molecule has 0 unspecified atom stereocenters. The number of amides is 1. The van der Waals surface area contributed by atoms with Gasteiger partial charge in [-0.05, 0) is 43.2 Å². The molecule has 1 aliphatic rings. The van der Waals surface area contributed by atoms with E-state index in [2.05, 4.69) is 10.0 Å². The van der Waals surface area contributed by atoms with Crippen LogP contribution in [0.5, 0.6) is 5.75 Å². The highest BCUT2D eigenvalue weighted by molar-refractivity contribution is 7.92. The van der Waals surface area contributed by atoms with E-state index < -0.39 is 10.0 Å². The van der Waals surface area contributed by atoms with Gasteiger partial charge in [0.15, 0.2) is 0 Å². The number of carbonyl (C=O) groups is 1. The maximum atomic E-state index is 12.8. The van der Waals surface area contributed by atoms with Crippen molar-refractivity contribution in [1.29, 1.82) is 0 Å². The van der Waals surface area contributed by atoms with Crippen LogP contribution in [0.3, 0.4) is 0 Å². The van der Waals surface area contributed by atoms with E-state index >= 15 is 0 Å². The number of nitrogens with one attached hydrogen (secondary N) is 2. The molecule has 1 amide bonds. The number of carbonyl (C=O) groups excluding carboxylic acids is 1. The first-order valence-electron chi connectivity index (χ1n) is 9.56. The standard InChI is InChI=1S/C21H26N2O4S/c1-27-20-14-7-6-13-19(20)23-28(25,26)18-12-8-9-16(15-18)21(24)22-17-10-4-2-3-5-11-17/h6-9,12-15,17,23H,2-5,10-11H2,1H3,(H,22,24). The molecule has 0 atom stereocenters. The summed E-state index contributed by atoms with van der Waals surface area (Å²) in [5.41, 5.74) is 0.686. The van der Waals surface area contributed by atoms with Crippen molar-refractivity contribution in [1.82, 2.24) is 5.32 Å². The molecule has 1 saturated carbocycles. The Balaban J connectivity index is 1.76. The minimum absolute atomic E-state index is 0.0342. The summed E-state index contributed by atoms with van der Waals surface area (Å²) < 4.78 is 33.3. The zero-order valence-corrected chi connectivity index (χ0v) is 16.8. The lowest BCUT2D eigenvalue weighted by atomic mass is 10.1. The Kier molecular flexibility index (Phi) is 6.57. The highest BCUT2D eigenvalue weighted by Gasteiger charge is 2.20. The van der Waals surface area contributed by atoms with E-state index in [1.54, 1.807) is 36.4 Å². The van der Waals surface area contributed by atoms with Crippen molar-refractivity contribution < 1.29 is 17.9 Å². The number of hydrogen-bond acceptors (Lipinski definition) is 4. The van der Waals surface area contributed by atoms with Gasteiger partial charge in [0.2, 0.25) is 0 Å². The molecule has 0 aromatic heterocycles. The second-order valence-corrected chi connectivity index (χ2v) is 8.68. The Morgan fingerprint density at radius 3 is 2.43 bits per heavy atom. The highest BCUT2D eigenvalue weighted by atomic mass is 32.2. The summed E-state index contributed by atoms with van der Waals surface area (Å²) in [6, 6.07) is 13.0. The number of ether oxygens (including phenoxy) is 1. The molecule has 2 aromatic carbocycles. The number of methoxy groups -OCH3 is 1. The molecular weight excluding hydrogens is 376 g/mol. The average Bonchev–Trinajstić information content (AvgIpc) is 2.97. The predicted molar refractivity (Wildman–Crippen MR) is 109 cm³/mol. The molecule has 0 radical (unpaired) electrons. The van der Waals surface area contributed by atoms with Crippen LogP contribution >= 0.6 is 0 Å². The van der Waals surface area contributed by atoms with Crippen LogP contribution in [0.1, 0.15) is 48.9 Å². The first-order chi connectivity index (χ1) is 13.5. The van der Waals surface area contributed by atoms with Gasteiger partial charge in [-0.25, -0.2) is 8.42 Å².